The Labute approximate surface area is 206 Å². The van der Waals surface area contributed by atoms with Gasteiger partial charge in [0.2, 0.25) is 5.82 Å². The molecule has 5 rings (SSSR count). The average Bonchev–Trinajstić information content (AvgIpc) is 2.90. The SMILES string of the molecule is N=C(c1ccc(Oc2ccccc2)cc1)c1c(N)ncnc1[NH2+]C1CCC(N2CCNCC2)CC1. The minimum atomic E-state index is 0.329. The first kappa shape index (κ1) is 23.4. The number of benzene rings is 2. The van der Waals surface area contributed by atoms with Gasteiger partial charge >= 0.3 is 0 Å². The summed E-state index contributed by atoms with van der Waals surface area (Å²) in [6, 6.07) is 18.3. The van der Waals surface area contributed by atoms with E-state index < -0.39 is 0 Å². The monoisotopic (exact) mass is 472 g/mol. The molecular weight excluding hydrogens is 438 g/mol. The molecule has 2 aromatic carbocycles. The average molecular weight is 473 g/mol. The van der Waals surface area contributed by atoms with Gasteiger partial charge in [0.05, 0.1) is 11.8 Å². The minimum Gasteiger partial charge on any atom is -0.457 e. The van der Waals surface area contributed by atoms with E-state index in [9.17, 15) is 0 Å². The number of nitrogens with two attached hydrogens (primary N) is 2. The predicted molar refractivity (Wildman–Crippen MR) is 137 cm³/mol. The van der Waals surface area contributed by atoms with Crippen LogP contribution in [0.15, 0.2) is 60.9 Å². The number of quaternary nitrogens is 1. The second-order valence-corrected chi connectivity index (χ2v) is 9.35. The largest absolute Gasteiger partial charge is 0.457 e. The van der Waals surface area contributed by atoms with Crippen molar-refractivity contribution in [3.8, 4) is 11.5 Å². The van der Waals surface area contributed by atoms with Crippen molar-refractivity contribution in [1.82, 2.24) is 20.2 Å². The van der Waals surface area contributed by atoms with E-state index in [1.807, 2.05) is 54.6 Å². The van der Waals surface area contributed by atoms with Crippen LogP contribution in [0.3, 0.4) is 0 Å². The van der Waals surface area contributed by atoms with Crippen LogP contribution in [0.4, 0.5) is 11.6 Å². The summed E-state index contributed by atoms with van der Waals surface area (Å²) >= 11 is 0. The van der Waals surface area contributed by atoms with Crippen molar-refractivity contribution in [3.63, 3.8) is 0 Å². The Bertz CT molecular complexity index is 1120. The molecule has 0 atom stereocenters. The fraction of sp³-hybridized carbons (Fsp3) is 0.370. The number of nitrogen functional groups attached to an aromatic ring is 1. The third-order valence-corrected chi connectivity index (χ3v) is 7.08. The van der Waals surface area contributed by atoms with Crippen molar-refractivity contribution < 1.29 is 10.1 Å². The number of hydrogen-bond donors (Lipinski definition) is 4. The molecule has 1 aliphatic heterocycles. The molecule has 8 heteroatoms. The summed E-state index contributed by atoms with van der Waals surface area (Å²) in [5.74, 6) is 2.60. The van der Waals surface area contributed by atoms with Gasteiger partial charge in [0.1, 0.15) is 29.2 Å². The quantitative estimate of drug-likeness (QED) is 0.393. The first-order valence-corrected chi connectivity index (χ1v) is 12.5. The Morgan fingerprint density at radius 3 is 2.34 bits per heavy atom. The van der Waals surface area contributed by atoms with Gasteiger partial charge in [0.25, 0.3) is 0 Å². The van der Waals surface area contributed by atoms with Crippen LogP contribution in [0.5, 0.6) is 11.5 Å². The van der Waals surface area contributed by atoms with Gasteiger partial charge in [-0.15, -0.1) is 0 Å². The van der Waals surface area contributed by atoms with Crippen LogP contribution in [-0.2, 0) is 0 Å². The highest BCUT2D eigenvalue weighted by Crippen LogP contribution is 2.26. The lowest BCUT2D eigenvalue weighted by Gasteiger charge is -2.38. The molecule has 2 fully saturated rings. The molecule has 0 bridgehead atoms. The molecule has 1 aliphatic carbocycles. The second kappa shape index (κ2) is 10.9. The number of anilines is 1. The highest BCUT2D eigenvalue weighted by atomic mass is 16.5. The Morgan fingerprint density at radius 1 is 0.943 bits per heavy atom. The molecule has 1 aromatic heterocycles. The van der Waals surface area contributed by atoms with Gasteiger partial charge in [0.15, 0.2) is 0 Å². The van der Waals surface area contributed by atoms with Crippen molar-refractivity contribution in [1.29, 1.82) is 5.41 Å². The van der Waals surface area contributed by atoms with Crippen LogP contribution in [0.2, 0.25) is 0 Å². The smallest absolute Gasteiger partial charge is 0.239 e. The summed E-state index contributed by atoms with van der Waals surface area (Å²) in [5, 5.41) is 14.5. The van der Waals surface area contributed by atoms with Gasteiger partial charge in [-0.3, -0.25) is 15.6 Å². The van der Waals surface area contributed by atoms with Crippen molar-refractivity contribution >= 4 is 17.3 Å². The third-order valence-electron chi connectivity index (χ3n) is 7.08. The number of ether oxygens (including phenoxy) is 1. The molecule has 0 radical (unpaired) electrons. The normalized spacial score (nSPS) is 20.9. The number of hydrogen-bond acceptors (Lipinski definition) is 7. The second-order valence-electron chi connectivity index (χ2n) is 9.35. The molecule has 2 heterocycles. The maximum absolute atomic E-state index is 8.89. The topological polar surface area (TPSA) is 117 Å². The molecule has 0 amide bonds. The van der Waals surface area contributed by atoms with Gasteiger partial charge in [-0.05, 0) is 49.2 Å². The molecule has 182 valence electrons. The van der Waals surface area contributed by atoms with E-state index in [2.05, 4.69) is 25.5 Å². The Hall–Kier alpha value is -3.33. The fourth-order valence-electron chi connectivity index (χ4n) is 5.16. The van der Waals surface area contributed by atoms with Gasteiger partial charge in [-0.2, -0.15) is 4.98 Å². The van der Waals surface area contributed by atoms with Crippen LogP contribution >= 0.6 is 0 Å². The zero-order valence-corrected chi connectivity index (χ0v) is 20.0. The number of nitrogens with zero attached hydrogens (tertiary/aromatic N) is 3. The molecule has 35 heavy (non-hydrogen) atoms. The van der Waals surface area contributed by atoms with Crippen molar-refractivity contribution in [2.24, 2.45) is 0 Å². The van der Waals surface area contributed by atoms with E-state index in [0.717, 1.165) is 61.9 Å². The van der Waals surface area contributed by atoms with E-state index in [1.54, 1.807) is 0 Å². The first-order valence-electron chi connectivity index (χ1n) is 12.5. The van der Waals surface area contributed by atoms with Crippen LogP contribution in [0.25, 0.3) is 0 Å². The molecule has 0 spiro atoms. The van der Waals surface area contributed by atoms with E-state index in [4.69, 9.17) is 15.9 Å². The van der Waals surface area contributed by atoms with Gasteiger partial charge in [0, 0.05) is 50.6 Å². The molecule has 8 nitrogen and oxygen atoms in total. The Kier molecular flexibility index (Phi) is 7.32. The van der Waals surface area contributed by atoms with E-state index >= 15 is 0 Å². The predicted octanol–water partition coefficient (Wildman–Crippen LogP) is 2.68. The molecular formula is C27H34N7O+. The zero-order chi connectivity index (χ0) is 24.0. The van der Waals surface area contributed by atoms with Gasteiger partial charge < -0.3 is 15.8 Å². The molecule has 1 saturated carbocycles. The third kappa shape index (κ3) is 5.67. The Balaban J connectivity index is 1.25. The molecule has 1 saturated heterocycles. The fourth-order valence-corrected chi connectivity index (χ4v) is 5.16. The van der Waals surface area contributed by atoms with E-state index in [0.29, 0.717) is 29.2 Å². The summed E-state index contributed by atoms with van der Waals surface area (Å²) in [7, 11) is 0. The van der Waals surface area contributed by atoms with Gasteiger partial charge in [-0.1, -0.05) is 18.2 Å². The standard InChI is InChI=1S/C27H33N7O/c28-25(19-6-12-23(13-7-19)35-22-4-2-1-3-5-22)24-26(29)31-18-32-27(24)33-20-8-10-21(11-9-20)34-16-14-30-15-17-34/h1-7,12-13,18,20-21,28,30H,8-11,14-17H2,(H3,29,31,32,33)/p+1. The lowest BCUT2D eigenvalue weighted by molar-refractivity contribution is -0.618. The van der Waals surface area contributed by atoms with Gasteiger partial charge in [-0.25, -0.2) is 4.98 Å². The number of para-hydroxylation sites is 1. The first-order chi connectivity index (χ1) is 17.2. The minimum absolute atomic E-state index is 0.329. The number of piperazine rings is 1. The lowest BCUT2D eigenvalue weighted by atomic mass is 9.89. The highest BCUT2D eigenvalue weighted by Gasteiger charge is 2.30. The van der Waals surface area contributed by atoms with Crippen molar-refractivity contribution in [2.45, 2.75) is 37.8 Å². The van der Waals surface area contributed by atoms with Crippen LogP contribution in [0.1, 0.15) is 36.8 Å². The van der Waals surface area contributed by atoms with Crippen molar-refractivity contribution in [2.75, 3.05) is 31.9 Å². The number of aromatic nitrogens is 2. The number of nitrogens with one attached hydrogen (secondary N) is 2. The highest BCUT2D eigenvalue weighted by molar-refractivity contribution is 6.15. The summed E-state index contributed by atoms with van der Waals surface area (Å²) < 4.78 is 5.89. The molecule has 6 N–H and O–H groups in total. The Morgan fingerprint density at radius 2 is 1.63 bits per heavy atom. The van der Waals surface area contributed by atoms with Crippen LogP contribution in [0, 0.1) is 5.41 Å². The molecule has 0 unspecified atom stereocenters. The summed E-state index contributed by atoms with van der Waals surface area (Å²) in [5.41, 5.74) is 7.95. The van der Waals surface area contributed by atoms with Crippen molar-refractivity contribution in [3.05, 3.63) is 72.1 Å². The summed E-state index contributed by atoms with van der Waals surface area (Å²) in [6.45, 7) is 4.49. The van der Waals surface area contributed by atoms with Crippen LogP contribution in [-0.4, -0.2) is 58.8 Å². The van der Waals surface area contributed by atoms with Crippen LogP contribution < -0.4 is 21.1 Å². The van der Waals surface area contributed by atoms with E-state index in [-0.39, 0.29) is 0 Å². The lowest BCUT2D eigenvalue weighted by Crippen LogP contribution is -2.86. The summed E-state index contributed by atoms with van der Waals surface area (Å²) in [4.78, 5) is 11.4. The molecule has 2 aliphatic rings. The maximum atomic E-state index is 8.89. The molecule has 3 aromatic rings. The van der Waals surface area contributed by atoms with E-state index in [1.165, 1.54) is 19.2 Å². The summed E-state index contributed by atoms with van der Waals surface area (Å²) in [6.07, 6.45) is 6.18. The zero-order valence-electron chi connectivity index (χ0n) is 20.0. The number of rotatable bonds is 7. The maximum Gasteiger partial charge on any atom is 0.239 e.